The van der Waals surface area contributed by atoms with Crippen LogP contribution in [0.15, 0.2) is 39.5 Å². The van der Waals surface area contributed by atoms with Gasteiger partial charge in [0.2, 0.25) is 0 Å². The second-order valence-electron chi connectivity index (χ2n) is 10.0. The van der Waals surface area contributed by atoms with Crippen LogP contribution in [0.4, 0.5) is 0 Å². The summed E-state index contributed by atoms with van der Waals surface area (Å²) < 4.78 is 11.3. The van der Waals surface area contributed by atoms with Gasteiger partial charge < -0.3 is 19.4 Å². The van der Waals surface area contributed by atoms with Gasteiger partial charge in [-0.05, 0) is 67.6 Å². The molecule has 0 spiro atoms. The number of ether oxygens (including phenoxy) is 1. The summed E-state index contributed by atoms with van der Waals surface area (Å²) in [6, 6.07) is 8.61. The van der Waals surface area contributed by atoms with E-state index >= 15 is 0 Å². The first kappa shape index (κ1) is 20.4. The number of benzene rings is 1. The predicted molar refractivity (Wildman–Crippen MR) is 112 cm³/mol. The Morgan fingerprint density at radius 3 is 2.59 bits per heavy atom. The summed E-state index contributed by atoms with van der Waals surface area (Å²) in [6.45, 7) is 8.80. The molecule has 5 heteroatoms. The van der Waals surface area contributed by atoms with E-state index in [9.17, 15) is 15.0 Å². The average Bonchev–Trinajstić information content (AvgIpc) is 2.65. The van der Waals surface area contributed by atoms with Gasteiger partial charge in [0.25, 0.3) is 0 Å². The van der Waals surface area contributed by atoms with Crippen molar-refractivity contribution < 1.29 is 19.4 Å². The van der Waals surface area contributed by atoms with Crippen molar-refractivity contribution in [3.05, 3.63) is 40.8 Å². The van der Waals surface area contributed by atoms with E-state index < -0.39 is 5.60 Å². The Labute approximate surface area is 171 Å². The second-order valence-corrected chi connectivity index (χ2v) is 10.0. The molecule has 1 heterocycles. The minimum absolute atomic E-state index is 0.00623. The monoisotopic (exact) mass is 400 g/mol. The van der Waals surface area contributed by atoms with Crippen LogP contribution in [0.2, 0.25) is 0 Å². The highest BCUT2D eigenvalue weighted by Crippen LogP contribution is 2.62. The Morgan fingerprint density at radius 2 is 1.83 bits per heavy atom. The first-order chi connectivity index (χ1) is 13.6. The maximum absolute atomic E-state index is 11.7. The lowest BCUT2D eigenvalue weighted by atomic mass is 9.44. The number of hydrogen-bond acceptors (Lipinski definition) is 5. The van der Waals surface area contributed by atoms with Gasteiger partial charge >= 0.3 is 5.63 Å². The third-order valence-electron chi connectivity index (χ3n) is 8.26. The van der Waals surface area contributed by atoms with Gasteiger partial charge in [-0.3, -0.25) is 0 Å². The molecular formula is C24H32O5. The van der Waals surface area contributed by atoms with Gasteiger partial charge in [-0.25, -0.2) is 4.79 Å². The highest BCUT2D eigenvalue weighted by atomic mass is 16.5. The topological polar surface area (TPSA) is 79.9 Å². The largest absolute Gasteiger partial charge is 0.493 e. The van der Waals surface area contributed by atoms with Crippen molar-refractivity contribution in [3.63, 3.8) is 0 Å². The Bertz CT molecular complexity index is 959. The second kappa shape index (κ2) is 6.85. The molecular weight excluding hydrogens is 368 g/mol. The number of aliphatic hydroxyl groups is 2. The van der Waals surface area contributed by atoms with Crippen molar-refractivity contribution in [2.45, 2.75) is 65.1 Å². The van der Waals surface area contributed by atoms with E-state index in [1.807, 2.05) is 19.1 Å². The molecule has 1 aromatic heterocycles. The zero-order chi connectivity index (χ0) is 21.0. The summed E-state index contributed by atoms with van der Waals surface area (Å²) in [5.74, 6) is 0.891. The van der Waals surface area contributed by atoms with Crippen molar-refractivity contribution in [1.82, 2.24) is 0 Å². The molecule has 4 rings (SSSR count). The van der Waals surface area contributed by atoms with Crippen LogP contribution in [0.3, 0.4) is 0 Å². The van der Waals surface area contributed by atoms with Crippen LogP contribution in [-0.4, -0.2) is 28.5 Å². The summed E-state index contributed by atoms with van der Waals surface area (Å²) in [7, 11) is 0. The maximum Gasteiger partial charge on any atom is 0.336 e. The van der Waals surface area contributed by atoms with Crippen molar-refractivity contribution in [1.29, 1.82) is 0 Å². The fraction of sp³-hybridized carbons (Fsp3) is 0.625. The number of aliphatic hydroxyl groups excluding tert-OH is 1. The van der Waals surface area contributed by atoms with Gasteiger partial charge in [0, 0.05) is 23.4 Å². The summed E-state index contributed by atoms with van der Waals surface area (Å²) in [5.41, 5.74) is -1.25. The molecule has 2 aromatic rings. The highest BCUT2D eigenvalue weighted by molar-refractivity contribution is 5.77. The molecule has 0 saturated heterocycles. The fourth-order valence-corrected chi connectivity index (χ4v) is 6.02. The zero-order valence-electron chi connectivity index (χ0n) is 17.8. The summed E-state index contributed by atoms with van der Waals surface area (Å²) >= 11 is 0. The van der Waals surface area contributed by atoms with E-state index in [0.717, 1.165) is 24.6 Å². The molecule has 2 saturated carbocycles. The smallest absolute Gasteiger partial charge is 0.336 e. The Balaban J connectivity index is 1.54. The van der Waals surface area contributed by atoms with Crippen LogP contribution in [0.25, 0.3) is 11.0 Å². The minimum atomic E-state index is -0.892. The van der Waals surface area contributed by atoms with Gasteiger partial charge in [0.15, 0.2) is 0 Å². The first-order valence-electron chi connectivity index (χ1n) is 10.6. The van der Waals surface area contributed by atoms with Crippen molar-refractivity contribution in [2.24, 2.45) is 22.7 Å². The van der Waals surface area contributed by atoms with Gasteiger partial charge in [-0.2, -0.15) is 0 Å². The molecule has 5 nitrogen and oxygen atoms in total. The third-order valence-corrected chi connectivity index (χ3v) is 8.26. The SMILES string of the molecule is CC1(C)[C@H]2CC[C@@H](COc3ccc4ccc(=O)oc4c3)[C@@](C)(O)[C@@]2(C)CC[C@@H]1O. The van der Waals surface area contributed by atoms with Crippen LogP contribution in [0, 0.1) is 22.7 Å². The summed E-state index contributed by atoms with van der Waals surface area (Å²) in [5, 5.41) is 23.1. The molecule has 0 bridgehead atoms. The Hall–Kier alpha value is -1.85. The fourth-order valence-electron chi connectivity index (χ4n) is 6.02. The van der Waals surface area contributed by atoms with Gasteiger partial charge in [0.05, 0.1) is 18.3 Å². The first-order valence-corrected chi connectivity index (χ1v) is 10.6. The molecule has 2 fully saturated rings. The molecule has 29 heavy (non-hydrogen) atoms. The summed E-state index contributed by atoms with van der Waals surface area (Å²) in [4.78, 5) is 11.5. The average molecular weight is 401 g/mol. The lowest BCUT2D eigenvalue weighted by Gasteiger charge is -2.63. The zero-order valence-corrected chi connectivity index (χ0v) is 17.8. The highest BCUT2D eigenvalue weighted by Gasteiger charge is 2.62. The standard InChI is InChI=1S/C24H32O5/c1-22(2)19-9-7-16(24(4,27)23(19,3)12-11-20(22)25)14-28-17-8-5-15-6-10-21(26)29-18(15)13-17/h5-6,8,10,13,16,19-20,25,27H,7,9,11-12,14H2,1-4H3/t16-,19+,20-,23-,24+/m0/s1. The molecule has 2 N–H and O–H groups in total. The van der Waals surface area contributed by atoms with Crippen LogP contribution in [-0.2, 0) is 0 Å². The van der Waals surface area contributed by atoms with E-state index in [-0.39, 0.29) is 34.4 Å². The van der Waals surface area contributed by atoms with Gasteiger partial charge in [-0.15, -0.1) is 0 Å². The van der Waals surface area contributed by atoms with E-state index in [1.165, 1.54) is 6.07 Å². The molecule has 158 valence electrons. The third kappa shape index (κ3) is 3.19. The molecule has 0 radical (unpaired) electrons. The van der Waals surface area contributed by atoms with Crippen molar-refractivity contribution >= 4 is 11.0 Å². The quantitative estimate of drug-likeness (QED) is 0.757. The summed E-state index contributed by atoms with van der Waals surface area (Å²) in [6.07, 6.45) is 3.03. The molecule has 1 aromatic carbocycles. The van der Waals surface area contributed by atoms with E-state index in [1.54, 1.807) is 12.1 Å². The molecule has 0 aliphatic heterocycles. The molecule has 2 aliphatic rings. The van der Waals surface area contributed by atoms with Gasteiger partial charge in [-0.1, -0.05) is 20.8 Å². The predicted octanol–water partition coefficient (Wildman–Crippen LogP) is 4.14. The van der Waals surface area contributed by atoms with E-state index in [2.05, 4.69) is 20.8 Å². The van der Waals surface area contributed by atoms with E-state index in [0.29, 0.717) is 24.4 Å². The Kier molecular flexibility index (Phi) is 4.82. The lowest BCUT2D eigenvalue weighted by Crippen LogP contribution is -2.64. The van der Waals surface area contributed by atoms with Crippen LogP contribution in [0.5, 0.6) is 5.75 Å². The van der Waals surface area contributed by atoms with Crippen molar-refractivity contribution in [2.75, 3.05) is 6.61 Å². The molecule has 2 aliphatic carbocycles. The van der Waals surface area contributed by atoms with Crippen LogP contribution < -0.4 is 10.4 Å². The van der Waals surface area contributed by atoms with E-state index in [4.69, 9.17) is 9.15 Å². The van der Waals surface area contributed by atoms with Gasteiger partial charge in [0.1, 0.15) is 11.3 Å². The number of rotatable bonds is 3. The lowest BCUT2D eigenvalue weighted by molar-refractivity contribution is -0.227. The molecule has 0 amide bonds. The minimum Gasteiger partial charge on any atom is -0.493 e. The van der Waals surface area contributed by atoms with Crippen molar-refractivity contribution in [3.8, 4) is 5.75 Å². The molecule has 5 atom stereocenters. The number of hydrogen-bond donors (Lipinski definition) is 2. The van der Waals surface area contributed by atoms with Crippen LogP contribution >= 0.6 is 0 Å². The number of fused-ring (bicyclic) bond motifs is 2. The maximum atomic E-state index is 11.7. The molecule has 0 unspecified atom stereocenters. The normalized spacial score (nSPS) is 36.6. The Morgan fingerprint density at radius 1 is 1.10 bits per heavy atom. The van der Waals surface area contributed by atoms with Crippen LogP contribution in [0.1, 0.15) is 53.4 Å².